The van der Waals surface area contributed by atoms with E-state index in [0.717, 1.165) is 16.8 Å². The second-order valence-electron chi connectivity index (χ2n) is 6.26. The maximum Gasteiger partial charge on any atom is 0.375 e. The van der Waals surface area contributed by atoms with Crippen LogP contribution in [0.25, 0.3) is 11.0 Å². The van der Waals surface area contributed by atoms with Gasteiger partial charge in [0.05, 0.1) is 7.11 Å². The van der Waals surface area contributed by atoms with Gasteiger partial charge in [0.2, 0.25) is 11.5 Å². The quantitative estimate of drug-likeness (QED) is 0.515. The first-order valence-corrected chi connectivity index (χ1v) is 8.24. The number of ketones is 1. The molecule has 0 unspecified atom stereocenters. The summed E-state index contributed by atoms with van der Waals surface area (Å²) in [6, 6.07) is 7.08. The topological polar surface area (TPSA) is 70.7 Å². The fraction of sp³-hybridized carbons (Fsp3) is 0.300. The van der Waals surface area contributed by atoms with E-state index in [-0.39, 0.29) is 18.2 Å². The van der Waals surface area contributed by atoms with Crippen LogP contribution in [-0.4, -0.2) is 30.0 Å². The van der Waals surface area contributed by atoms with Crippen LogP contribution in [0.4, 0.5) is 0 Å². The Labute approximate surface area is 151 Å². The lowest BCUT2D eigenvalue weighted by Gasteiger charge is -2.04. The van der Waals surface area contributed by atoms with Crippen molar-refractivity contribution in [2.24, 2.45) is 7.05 Å². The molecule has 0 N–H and O–H groups in total. The van der Waals surface area contributed by atoms with Crippen molar-refractivity contribution in [2.45, 2.75) is 20.8 Å². The van der Waals surface area contributed by atoms with Crippen molar-refractivity contribution in [3.63, 3.8) is 0 Å². The number of rotatable bonds is 5. The molecular formula is C20H21NO5. The number of aryl methyl sites for hydroxylation is 2. The second-order valence-corrected chi connectivity index (χ2v) is 6.26. The minimum absolute atomic E-state index is 0.0991. The predicted molar refractivity (Wildman–Crippen MR) is 97.0 cm³/mol. The molecule has 0 bridgehead atoms. The van der Waals surface area contributed by atoms with Crippen LogP contribution in [0.15, 0.2) is 28.7 Å². The molecule has 0 amide bonds. The molecule has 0 saturated heterocycles. The molecule has 0 aliphatic rings. The molecule has 0 spiro atoms. The minimum Gasteiger partial charge on any atom is -0.497 e. The van der Waals surface area contributed by atoms with E-state index in [1.807, 2.05) is 25.5 Å². The van der Waals surface area contributed by atoms with Crippen molar-refractivity contribution in [1.29, 1.82) is 0 Å². The van der Waals surface area contributed by atoms with Crippen LogP contribution in [0.5, 0.6) is 5.75 Å². The van der Waals surface area contributed by atoms with Crippen LogP contribution in [0.3, 0.4) is 0 Å². The highest BCUT2D eigenvalue weighted by Crippen LogP contribution is 2.29. The summed E-state index contributed by atoms with van der Waals surface area (Å²) in [7, 11) is 3.46. The van der Waals surface area contributed by atoms with Crippen molar-refractivity contribution in [1.82, 2.24) is 4.57 Å². The zero-order valence-electron chi connectivity index (χ0n) is 15.5. The number of nitrogens with zero attached hydrogens (tertiary/aromatic N) is 1. The number of Topliss-reactive ketones (excluding diaryl/α,β-unsaturated/α-hetero) is 1. The lowest BCUT2D eigenvalue weighted by Crippen LogP contribution is -2.15. The van der Waals surface area contributed by atoms with Gasteiger partial charge < -0.3 is 18.5 Å². The summed E-state index contributed by atoms with van der Waals surface area (Å²) >= 11 is 0. The molecule has 26 heavy (non-hydrogen) atoms. The Hall–Kier alpha value is -3.02. The molecule has 0 fully saturated rings. The lowest BCUT2D eigenvalue weighted by molar-refractivity contribution is 0.0445. The van der Waals surface area contributed by atoms with Gasteiger partial charge in [0, 0.05) is 34.9 Å². The Kier molecular flexibility index (Phi) is 4.59. The molecule has 0 radical (unpaired) electrons. The number of fused-ring (bicyclic) bond motifs is 1. The standard InChI is InChI=1S/C20H21NO5/c1-11-8-16(13(3)21(11)4)17(22)10-25-20(23)19-12(2)15-9-14(24-5)6-7-18(15)26-19/h6-9H,10H2,1-5H3. The molecular weight excluding hydrogens is 334 g/mol. The predicted octanol–water partition coefficient (Wildman–Crippen LogP) is 3.74. The number of benzene rings is 1. The molecule has 3 rings (SSSR count). The van der Waals surface area contributed by atoms with E-state index >= 15 is 0 Å². The third kappa shape index (κ3) is 2.98. The first kappa shape index (κ1) is 17.8. The van der Waals surface area contributed by atoms with Crippen LogP contribution >= 0.6 is 0 Å². The van der Waals surface area contributed by atoms with Crippen molar-refractivity contribution in [3.05, 3.63) is 52.5 Å². The first-order chi connectivity index (χ1) is 12.3. The van der Waals surface area contributed by atoms with Crippen LogP contribution in [0.1, 0.15) is 37.9 Å². The summed E-state index contributed by atoms with van der Waals surface area (Å²) in [5.74, 6) is -0.125. The fourth-order valence-corrected chi connectivity index (χ4v) is 2.93. The van der Waals surface area contributed by atoms with Gasteiger partial charge in [0.1, 0.15) is 11.3 Å². The van der Waals surface area contributed by atoms with Gasteiger partial charge in [-0.1, -0.05) is 0 Å². The van der Waals surface area contributed by atoms with Crippen LogP contribution < -0.4 is 4.74 Å². The summed E-state index contributed by atoms with van der Waals surface area (Å²) in [5.41, 5.74) is 3.60. The zero-order valence-corrected chi connectivity index (χ0v) is 15.5. The van der Waals surface area contributed by atoms with Gasteiger partial charge in [-0.15, -0.1) is 0 Å². The van der Waals surface area contributed by atoms with Crippen molar-refractivity contribution in [2.75, 3.05) is 13.7 Å². The number of carbonyl (C=O) groups is 2. The zero-order chi connectivity index (χ0) is 19.0. The second kappa shape index (κ2) is 6.71. The normalized spacial score (nSPS) is 11.0. The highest BCUT2D eigenvalue weighted by Gasteiger charge is 2.22. The molecule has 2 heterocycles. The molecule has 0 saturated carbocycles. The third-order valence-electron chi connectivity index (χ3n) is 4.74. The van der Waals surface area contributed by atoms with E-state index in [9.17, 15) is 9.59 Å². The number of aromatic nitrogens is 1. The number of furan rings is 1. The highest BCUT2D eigenvalue weighted by molar-refractivity contribution is 6.01. The molecule has 0 atom stereocenters. The van der Waals surface area contributed by atoms with Crippen LogP contribution in [-0.2, 0) is 11.8 Å². The SMILES string of the molecule is COc1ccc2oc(C(=O)OCC(=O)c3cc(C)n(C)c3C)c(C)c2c1. The number of esters is 1. The number of ether oxygens (including phenoxy) is 2. The number of carbonyl (C=O) groups excluding carboxylic acids is 2. The molecule has 0 aliphatic heterocycles. The summed E-state index contributed by atoms with van der Waals surface area (Å²) in [5, 5.41) is 0.775. The van der Waals surface area contributed by atoms with Gasteiger partial charge in [-0.3, -0.25) is 4.79 Å². The summed E-state index contributed by atoms with van der Waals surface area (Å²) in [6.45, 7) is 5.22. The summed E-state index contributed by atoms with van der Waals surface area (Å²) in [6.07, 6.45) is 0. The molecule has 6 heteroatoms. The van der Waals surface area contributed by atoms with Crippen molar-refractivity contribution < 1.29 is 23.5 Å². The highest BCUT2D eigenvalue weighted by atomic mass is 16.5. The van der Waals surface area contributed by atoms with Crippen molar-refractivity contribution in [3.8, 4) is 5.75 Å². The van der Waals surface area contributed by atoms with E-state index in [4.69, 9.17) is 13.9 Å². The van der Waals surface area contributed by atoms with E-state index in [1.165, 1.54) is 0 Å². The monoisotopic (exact) mass is 355 g/mol. The average Bonchev–Trinajstić information content (AvgIpc) is 3.10. The summed E-state index contributed by atoms with van der Waals surface area (Å²) < 4.78 is 17.9. The summed E-state index contributed by atoms with van der Waals surface area (Å²) in [4.78, 5) is 24.7. The number of methoxy groups -OCH3 is 1. The minimum atomic E-state index is -0.656. The smallest absolute Gasteiger partial charge is 0.375 e. The van der Waals surface area contributed by atoms with E-state index < -0.39 is 5.97 Å². The fourth-order valence-electron chi connectivity index (χ4n) is 2.93. The van der Waals surface area contributed by atoms with Gasteiger partial charge in [-0.25, -0.2) is 4.79 Å². The molecule has 1 aromatic carbocycles. The van der Waals surface area contributed by atoms with E-state index in [2.05, 4.69) is 0 Å². The molecule has 136 valence electrons. The maximum absolute atomic E-state index is 12.4. The first-order valence-electron chi connectivity index (χ1n) is 8.24. The van der Waals surface area contributed by atoms with Gasteiger partial charge in [-0.05, 0) is 45.0 Å². The van der Waals surface area contributed by atoms with Crippen LogP contribution in [0.2, 0.25) is 0 Å². The Morgan fingerprint density at radius 1 is 1.15 bits per heavy atom. The van der Waals surface area contributed by atoms with E-state index in [1.54, 1.807) is 38.3 Å². The van der Waals surface area contributed by atoms with Gasteiger partial charge >= 0.3 is 5.97 Å². The third-order valence-corrected chi connectivity index (χ3v) is 4.74. The molecule has 6 nitrogen and oxygen atoms in total. The van der Waals surface area contributed by atoms with Gasteiger partial charge in [-0.2, -0.15) is 0 Å². The van der Waals surface area contributed by atoms with Crippen LogP contribution in [0, 0.1) is 20.8 Å². The van der Waals surface area contributed by atoms with Crippen molar-refractivity contribution >= 4 is 22.7 Å². The Balaban J connectivity index is 1.78. The molecule has 0 aliphatic carbocycles. The lowest BCUT2D eigenvalue weighted by atomic mass is 10.1. The maximum atomic E-state index is 12.4. The van der Waals surface area contributed by atoms with E-state index in [0.29, 0.717) is 22.5 Å². The number of hydrogen-bond donors (Lipinski definition) is 0. The Bertz CT molecular complexity index is 1010. The Morgan fingerprint density at radius 2 is 1.88 bits per heavy atom. The molecule has 3 aromatic rings. The van der Waals surface area contributed by atoms with Gasteiger partial charge in [0.25, 0.3) is 0 Å². The largest absolute Gasteiger partial charge is 0.497 e. The average molecular weight is 355 g/mol. The Morgan fingerprint density at radius 3 is 2.50 bits per heavy atom. The molecule has 2 aromatic heterocycles. The number of hydrogen-bond acceptors (Lipinski definition) is 5. The van der Waals surface area contributed by atoms with Gasteiger partial charge in [0.15, 0.2) is 6.61 Å².